The van der Waals surface area contributed by atoms with Crippen LogP contribution in [0.25, 0.3) is 0 Å². The van der Waals surface area contributed by atoms with Gasteiger partial charge >= 0.3 is 5.97 Å². The lowest BCUT2D eigenvalue weighted by molar-refractivity contribution is -0.141. The number of carboxylic acid groups (broad SMARTS) is 1. The van der Waals surface area contributed by atoms with Crippen molar-refractivity contribution in [3.8, 4) is 0 Å². The number of rotatable bonds is 7. The third kappa shape index (κ3) is 3.87. The Morgan fingerprint density at radius 1 is 1.03 bits per heavy atom. The highest BCUT2D eigenvalue weighted by atomic mass is 16.5. The summed E-state index contributed by atoms with van der Waals surface area (Å²) in [6.45, 7) is 7.65. The molecule has 6 heteroatoms. The number of carbonyl (C=O) groups excluding carboxylic acids is 1. The summed E-state index contributed by atoms with van der Waals surface area (Å²) in [6.07, 6.45) is 5.40. The number of benzene rings is 2. The molecule has 0 spiro atoms. The summed E-state index contributed by atoms with van der Waals surface area (Å²) in [7, 11) is 0. The molecule has 1 amide bonds. The number of carboxylic acids is 1. The Morgan fingerprint density at radius 2 is 1.73 bits per heavy atom. The van der Waals surface area contributed by atoms with Crippen molar-refractivity contribution in [1.82, 2.24) is 4.90 Å². The third-order valence-corrected chi connectivity index (χ3v) is 9.39. The van der Waals surface area contributed by atoms with Gasteiger partial charge in [-0.3, -0.25) is 4.79 Å². The van der Waals surface area contributed by atoms with Crippen LogP contribution in [0.4, 0.5) is 5.69 Å². The average Bonchev–Trinajstić information content (AvgIpc) is 3.59. The third-order valence-electron chi connectivity index (χ3n) is 9.39. The molecule has 1 saturated carbocycles. The quantitative estimate of drug-likeness (QED) is 0.534. The molecule has 1 saturated heterocycles. The Bertz CT molecular complexity index is 1200. The molecule has 3 heterocycles. The topological polar surface area (TPSA) is 70.1 Å². The van der Waals surface area contributed by atoms with Gasteiger partial charge in [-0.05, 0) is 41.2 Å². The van der Waals surface area contributed by atoms with E-state index in [-0.39, 0.29) is 23.8 Å². The van der Waals surface area contributed by atoms with Crippen LogP contribution in [0.5, 0.6) is 0 Å². The summed E-state index contributed by atoms with van der Waals surface area (Å²) in [6, 6.07) is 14.6. The van der Waals surface area contributed by atoms with Gasteiger partial charge in [0, 0.05) is 37.2 Å². The van der Waals surface area contributed by atoms with Gasteiger partial charge in [-0.25, -0.2) is 4.79 Å². The zero-order valence-electron chi connectivity index (χ0n) is 22.0. The van der Waals surface area contributed by atoms with Crippen molar-refractivity contribution in [3.05, 3.63) is 64.7 Å². The van der Waals surface area contributed by atoms with E-state index in [2.05, 4.69) is 49.1 Å². The van der Waals surface area contributed by atoms with Crippen molar-refractivity contribution in [2.45, 2.75) is 63.8 Å². The number of hydrogen-bond acceptors (Lipinski definition) is 4. The molecule has 4 aliphatic rings. The number of nitrogens with zero attached hydrogens (tertiary/aromatic N) is 2. The molecule has 6 rings (SSSR count). The van der Waals surface area contributed by atoms with Gasteiger partial charge in [-0.1, -0.05) is 69.9 Å². The summed E-state index contributed by atoms with van der Waals surface area (Å²) in [5, 5.41) is 9.85. The fourth-order valence-electron chi connectivity index (χ4n) is 7.70. The molecule has 1 N–H and O–H groups in total. The van der Waals surface area contributed by atoms with Gasteiger partial charge in [0.25, 0.3) is 0 Å². The Balaban J connectivity index is 1.51. The minimum Gasteiger partial charge on any atom is -0.478 e. The minimum atomic E-state index is -0.903. The van der Waals surface area contributed by atoms with E-state index in [0.717, 1.165) is 37.8 Å². The molecule has 2 aromatic carbocycles. The molecule has 0 aromatic heterocycles. The first-order valence-electron chi connectivity index (χ1n) is 14.1. The molecule has 0 bridgehead atoms. The first-order chi connectivity index (χ1) is 18.0. The maximum absolute atomic E-state index is 14.1. The summed E-state index contributed by atoms with van der Waals surface area (Å²) in [4.78, 5) is 30.6. The SMILES string of the molecule is CCCC(CCC)C1c2ccc(C(=O)O)cc2N2C[C@]3(C(=O)N4CCOCC4)C[C@@H]3c3ccccc3C12. The second-order valence-electron chi connectivity index (χ2n) is 11.5. The zero-order valence-corrected chi connectivity index (χ0v) is 22.0. The fourth-order valence-corrected chi connectivity index (χ4v) is 7.70. The van der Waals surface area contributed by atoms with Crippen LogP contribution in [0.1, 0.15) is 90.9 Å². The second-order valence-corrected chi connectivity index (χ2v) is 11.5. The van der Waals surface area contributed by atoms with E-state index in [1.54, 1.807) is 6.07 Å². The van der Waals surface area contributed by atoms with E-state index in [9.17, 15) is 14.7 Å². The van der Waals surface area contributed by atoms with Crippen LogP contribution in [0, 0.1) is 11.3 Å². The van der Waals surface area contributed by atoms with Gasteiger partial charge in [0.05, 0.1) is 30.2 Å². The van der Waals surface area contributed by atoms with Crippen LogP contribution < -0.4 is 4.90 Å². The van der Waals surface area contributed by atoms with Gasteiger partial charge in [-0.15, -0.1) is 0 Å². The molecule has 2 aromatic rings. The number of aromatic carboxylic acids is 1. The molecule has 0 radical (unpaired) electrons. The van der Waals surface area contributed by atoms with Crippen molar-refractivity contribution in [1.29, 1.82) is 0 Å². The van der Waals surface area contributed by atoms with Crippen LogP contribution in [-0.4, -0.2) is 54.7 Å². The Hall–Kier alpha value is -2.86. The average molecular weight is 503 g/mol. The lowest BCUT2D eigenvalue weighted by Crippen LogP contribution is -2.48. The number of amides is 1. The van der Waals surface area contributed by atoms with Crippen LogP contribution in [0.3, 0.4) is 0 Å². The van der Waals surface area contributed by atoms with E-state index < -0.39 is 11.4 Å². The molecule has 3 aliphatic heterocycles. The molecular weight excluding hydrogens is 464 g/mol. The highest BCUT2D eigenvalue weighted by Crippen LogP contribution is 2.68. The van der Waals surface area contributed by atoms with Crippen molar-refractivity contribution >= 4 is 17.6 Å². The van der Waals surface area contributed by atoms with Gasteiger partial charge in [-0.2, -0.15) is 0 Å². The molecule has 2 unspecified atom stereocenters. The maximum Gasteiger partial charge on any atom is 0.335 e. The number of carbonyl (C=O) groups is 2. The van der Waals surface area contributed by atoms with E-state index in [1.807, 2.05) is 11.0 Å². The number of anilines is 1. The summed E-state index contributed by atoms with van der Waals surface area (Å²) in [5.74, 6) is 0.348. The molecule has 6 nitrogen and oxygen atoms in total. The Kier molecular flexibility index (Phi) is 6.26. The molecule has 4 atom stereocenters. The molecular formula is C31H38N2O4. The summed E-state index contributed by atoms with van der Waals surface area (Å²) in [5.41, 5.74) is 4.78. The van der Waals surface area contributed by atoms with Crippen molar-refractivity contribution in [3.63, 3.8) is 0 Å². The molecule has 196 valence electrons. The van der Waals surface area contributed by atoms with Crippen molar-refractivity contribution in [2.24, 2.45) is 11.3 Å². The highest BCUT2D eigenvalue weighted by Gasteiger charge is 2.66. The van der Waals surface area contributed by atoms with E-state index in [1.165, 1.54) is 16.7 Å². The smallest absolute Gasteiger partial charge is 0.335 e. The van der Waals surface area contributed by atoms with Gasteiger partial charge in [0.2, 0.25) is 5.91 Å². The predicted molar refractivity (Wildman–Crippen MR) is 143 cm³/mol. The van der Waals surface area contributed by atoms with E-state index in [0.29, 0.717) is 44.3 Å². The molecule has 2 fully saturated rings. The van der Waals surface area contributed by atoms with Crippen LogP contribution in [0.2, 0.25) is 0 Å². The largest absolute Gasteiger partial charge is 0.478 e. The highest BCUT2D eigenvalue weighted by molar-refractivity contribution is 5.91. The zero-order chi connectivity index (χ0) is 25.7. The monoisotopic (exact) mass is 502 g/mol. The van der Waals surface area contributed by atoms with Crippen molar-refractivity contribution < 1.29 is 19.4 Å². The van der Waals surface area contributed by atoms with E-state index in [4.69, 9.17) is 4.74 Å². The Morgan fingerprint density at radius 3 is 2.41 bits per heavy atom. The number of ether oxygens (including phenoxy) is 1. The van der Waals surface area contributed by atoms with E-state index >= 15 is 0 Å². The first kappa shape index (κ1) is 24.5. The minimum absolute atomic E-state index is 0.125. The first-order valence-corrected chi connectivity index (χ1v) is 14.1. The number of fused-ring (bicyclic) bond motifs is 7. The maximum atomic E-state index is 14.1. The Labute approximate surface area is 219 Å². The number of morpholine rings is 1. The standard InChI is InChI=1S/C31H38N2O4/c1-3-7-20(8-4-2)27-24-12-11-21(29(34)35)17-26(24)33-19-31(30(36)32-13-15-37-16-14-32)18-25(31)22-9-5-6-10-23(22)28(27)33/h5-6,9-12,17,20,25,27-28H,3-4,7-8,13-16,18-19H2,1-2H3,(H,34,35)/t25-,27?,28?,31-/m1/s1. The fraction of sp³-hybridized carbons (Fsp3) is 0.548. The van der Waals surface area contributed by atoms with Gasteiger partial charge in [0.1, 0.15) is 0 Å². The van der Waals surface area contributed by atoms with Gasteiger partial charge in [0.15, 0.2) is 0 Å². The normalized spacial score (nSPS) is 27.7. The summed E-state index contributed by atoms with van der Waals surface area (Å²) < 4.78 is 5.54. The predicted octanol–water partition coefficient (Wildman–Crippen LogP) is 5.59. The molecule has 1 aliphatic carbocycles. The second kappa shape index (κ2) is 9.46. The lowest BCUT2D eigenvalue weighted by Gasteiger charge is -2.37. The van der Waals surface area contributed by atoms with Crippen LogP contribution in [-0.2, 0) is 9.53 Å². The lowest BCUT2D eigenvalue weighted by atomic mass is 9.75. The van der Waals surface area contributed by atoms with Crippen LogP contribution >= 0.6 is 0 Å². The molecule has 37 heavy (non-hydrogen) atoms. The van der Waals surface area contributed by atoms with Crippen LogP contribution in [0.15, 0.2) is 42.5 Å². The number of hydrogen-bond donors (Lipinski definition) is 1. The van der Waals surface area contributed by atoms with Gasteiger partial charge < -0.3 is 19.6 Å². The van der Waals surface area contributed by atoms with Crippen molar-refractivity contribution in [2.75, 3.05) is 37.7 Å². The summed E-state index contributed by atoms with van der Waals surface area (Å²) >= 11 is 0.